The van der Waals surface area contributed by atoms with E-state index in [2.05, 4.69) is 42.7 Å². The number of hydrogen-bond donors (Lipinski definition) is 0. The molecule has 0 N–H and O–H groups in total. The van der Waals surface area contributed by atoms with E-state index in [1.54, 1.807) is 6.33 Å². The minimum atomic E-state index is 0.474. The van der Waals surface area contributed by atoms with Crippen LogP contribution in [0.5, 0.6) is 0 Å². The van der Waals surface area contributed by atoms with E-state index in [9.17, 15) is 0 Å². The molecule has 0 amide bonds. The lowest BCUT2D eigenvalue weighted by atomic mass is 10.1. The monoisotopic (exact) mass is 255 g/mol. The van der Waals surface area contributed by atoms with Gasteiger partial charge >= 0.3 is 0 Å². The largest absolute Gasteiger partial charge is 0.357 e. The zero-order valence-electron chi connectivity index (χ0n) is 11.2. The van der Waals surface area contributed by atoms with Crippen LogP contribution in [-0.4, -0.2) is 23.1 Å². The van der Waals surface area contributed by atoms with Crippen LogP contribution in [0.2, 0.25) is 5.15 Å². The van der Waals surface area contributed by atoms with Gasteiger partial charge in [-0.3, -0.25) is 0 Å². The maximum Gasteiger partial charge on any atom is 0.137 e. The van der Waals surface area contributed by atoms with Crippen LogP contribution < -0.4 is 4.90 Å². The molecule has 1 rings (SSSR count). The fourth-order valence-electron chi connectivity index (χ4n) is 1.97. The molecule has 0 aliphatic heterocycles. The average Bonchev–Trinajstić information content (AvgIpc) is 2.31. The molecule has 4 heteroatoms. The molecule has 1 aromatic rings. The van der Waals surface area contributed by atoms with Crippen LogP contribution in [0.25, 0.3) is 0 Å². The van der Waals surface area contributed by atoms with Crippen molar-refractivity contribution in [3.63, 3.8) is 0 Å². The third-order valence-corrected chi connectivity index (χ3v) is 3.40. The molecule has 0 aromatic carbocycles. The van der Waals surface area contributed by atoms with E-state index < -0.39 is 0 Å². The summed E-state index contributed by atoms with van der Waals surface area (Å²) in [6.45, 7) is 6.56. The molecule has 96 valence electrons. The summed E-state index contributed by atoms with van der Waals surface area (Å²) in [6, 6.07) is 0.474. The quantitative estimate of drug-likeness (QED) is 0.726. The highest BCUT2D eigenvalue weighted by molar-refractivity contribution is 6.30. The second-order valence-corrected chi connectivity index (χ2v) is 4.82. The fourth-order valence-corrected chi connectivity index (χ4v) is 2.19. The Balaban J connectivity index is 2.99. The van der Waals surface area contributed by atoms with E-state index in [1.165, 1.54) is 6.42 Å². The highest BCUT2D eigenvalue weighted by Gasteiger charge is 2.16. The van der Waals surface area contributed by atoms with Crippen LogP contribution in [0, 0.1) is 0 Å². The summed E-state index contributed by atoms with van der Waals surface area (Å²) in [5.74, 6) is 0.979. The molecule has 1 unspecified atom stereocenters. The molecule has 17 heavy (non-hydrogen) atoms. The Hall–Kier alpha value is -0.830. The Labute approximate surface area is 109 Å². The van der Waals surface area contributed by atoms with Gasteiger partial charge in [0.25, 0.3) is 0 Å². The van der Waals surface area contributed by atoms with Crippen molar-refractivity contribution in [1.82, 2.24) is 9.97 Å². The van der Waals surface area contributed by atoms with Gasteiger partial charge in [0, 0.05) is 18.7 Å². The first-order chi connectivity index (χ1) is 8.11. The standard InChI is InChI=1S/C13H22ClN3/c1-5-7-10(3)17(4)13-11(8-6-2)12(14)15-9-16-13/h9-10H,5-8H2,1-4H3. The average molecular weight is 256 g/mol. The van der Waals surface area contributed by atoms with E-state index in [0.29, 0.717) is 11.2 Å². The van der Waals surface area contributed by atoms with E-state index in [1.807, 2.05) is 0 Å². The molecule has 0 saturated heterocycles. The molecule has 0 spiro atoms. The highest BCUT2D eigenvalue weighted by atomic mass is 35.5. The topological polar surface area (TPSA) is 29.0 Å². The van der Waals surface area contributed by atoms with Crippen LogP contribution in [0.3, 0.4) is 0 Å². The lowest BCUT2D eigenvalue weighted by Gasteiger charge is -2.27. The Morgan fingerprint density at radius 2 is 2.00 bits per heavy atom. The lowest BCUT2D eigenvalue weighted by Crippen LogP contribution is -2.30. The first-order valence-electron chi connectivity index (χ1n) is 6.33. The number of hydrogen-bond acceptors (Lipinski definition) is 3. The Kier molecular flexibility index (Phi) is 5.69. The minimum absolute atomic E-state index is 0.474. The molecule has 0 aliphatic rings. The van der Waals surface area contributed by atoms with Crippen LogP contribution in [0.15, 0.2) is 6.33 Å². The number of rotatable bonds is 6. The lowest BCUT2D eigenvalue weighted by molar-refractivity contribution is 0.608. The van der Waals surface area contributed by atoms with Gasteiger partial charge in [0.15, 0.2) is 0 Å². The zero-order chi connectivity index (χ0) is 12.8. The van der Waals surface area contributed by atoms with Crippen molar-refractivity contribution < 1.29 is 0 Å². The number of aromatic nitrogens is 2. The second-order valence-electron chi connectivity index (χ2n) is 4.47. The predicted octanol–water partition coefficient (Wildman–Crippen LogP) is 3.71. The molecule has 0 fully saturated rings. The molecule has 0 bridgehead atoms. The summed E-state index contributed by atoms with van der Waals surface area (Å²) in [5.41, 5.74) is 1.07. The molecule has 1 atom stereocenters. The first-order valence-corrected chi connectivity index (χ1v) is 6.71. The number of anilines is 1. The molecular formula is C13H22ClN3. The maximum absolute atomic E-state index is 6.16. The third-order valence-electron chi connectivity index (χ3n) is 3.07. The summed E-state index contributed by atoms with van der Waals surface area (Å²) in [4.78, 5) is 10.7. The van der Waals surface area contributed by atoms with Gasteiger partial charge in [-0.2, -0.15) is 0 Å². The van der Waals surface area contributed by atoms with Gasteiger partial charge < -0.3 is 4.90 Å². The Morgan fingerprint density at radius 3 is 2.59 bits per heavy atom. The molecular weight excluding hydrogens is 234 g/mol. The van der Waals surface area contributed by atoms with Crippen LogP contribution >= 0.6 is 11.6 Å². The van der Waals surface area contributed by atoms with Gasteiger partial charge in [-0.1, -0.05) is 38.3 Å². The SMILES string of the molecule is CCCc1c(Cl)ncnc1N(C)C(C)CCC. The molecule has 3 nitrogen and oxygen atoms in total. The fraction of sp³-hybridized carbons (Fsp3) is 0.692. The Morgan fingerprint density at radius 1 is 1.29 bits per heavy atom. The predicted molar refractivity (Wildman–Crippen MR) is 73.8 cm³/mol. The van der Waals surface area contributed by atoms with Crippen LogP contribution in [0.1, 0.15) is 45.6 Å². The summed E-state index contributed by atoms with van der Waals surface area (Å²) < 4.78 is 0. The van der Waals surface area contributed by atoms with Crippen molar-refractivity contribution in [3.05, 3.63) is 17.0 Å². The van der Waals surface area contributed by atoms with Gasteiger partial charge in [-0.25, -0.2) is 9.97 Å². The van der Waals surface area contributed by atoms with Gasteiger partial charge in [0.1, 0.15) is 17.3 Å². The van der Waals surface area contributed by atoms with Crippen molar-refractivity contribution >= 4 is 17.4 Å². The van der Waals surface area contributed by atoms with E-state index in [0.717, 1.165) is 30.6 Å². The van der Waals surface area contributed by atoms with Crippen molar-refractivity contribution in [3.8, 4) is 0 Å². The smallest absolute Gasteiger partial charge is 0.137 e. The van der Waals surface area contributed by atoms with Gasteiger partial charge in [-0.15, -0.1) is 0 Å². The van der Waals surface area contributed by atoms with Crippen molar-refractivity contribution in [2.75, 3.05) is 11.9 Å². The first kappa shape index (κ1) is 14.2. The summed E-state index contributed by atoms with van der Waals surface area (Å²) in [7, 11) is 2.08. The van der Waals surface area contributed by atoms with Crippen LogP contribution in [-0.2, 0) is 6.42 Å². The van der Waals surface area contributed by atoms with Gasteiger partial charge in [-0.05, 0) is 19.8 Å². The van der Waals surface area contributed by atoms with Crippen molar-refractivity contribution in [1.29, 1.82) is 0 Å². The van der Waals surface area contributed by atoms with Gasteiger partial charge in [0.2, 0.25) is 0 Å². The third kappa shape index (κ3) is 3.56. The Bertz CT molecular complexity index is 355. The molecule has 1 heterocycles. The molecule has 0 saturated carbocycles. The van der Waals surface area contributed by atoms with Crippen LogP contribution in [0.4, 0.5) is 5.82 Å². The van der Waals surface area contributed by atoms with E-state index in [4.69, 9.17) is 11.6 Å². The molecule has 0 aliphatic carbocycles. The normalized spacial score (nSPS) is 12.5. The van der Waals surface area contributed by atoms with Gasteiger partial charge in [0.05, 0.1) is 0 Å². The number of halogens is 1. The molecule has 0 radical (unpaired) electrons. The van der Waals surface area contributed by atoms with Crippen molar-refractivity contribution in [2.45, 2.75) is 52.5 Å². The second kappa shape index (κ2) is 6.80. The molecule has 1 aromatic heterocycles. The summed E-state index contributed by atoms with van der Waals surface area (Å²) in [5, 5.41) is 0.590. The van der Waals surface area contributed by atoms with E-state index in [-0.39, 0.29) is 0 Å². The zero-order valence-corrected chi connectivity index (χ0v) is 12.0. The maximum atomic E-state index is 6.16. The summed E-state index contributed by atoms with van der Waals surface area (Å²) >= 11 is 6.16. The van der Waals surface area contributed by atoms with E-state index >= 15 is 0 Å². The minimum Gasteiger partial charge on any atom is -0.357 e. The van der Waals surface area contributed by atoms with Crippen molar-refractivity contribution in [2.24, 2.45) is 0 Å². The highest BCUT2D eigenvalue weighted by Crippen LogP contribution is 2.25. The number of nitrogens with zero attached hydrogens (tertiary/aromatic N) is 3. The summed E-state index contributed by atoms with van der Waals surface area (Å²) in [6.07, 6.45) is 5.86.